The standard InChI is InChI=1S/C18H19F2N3O/c1-12-10-15(22-16(21-12)13-6-3-2-4-7-13)23-17(24)14-8-5-9-18(19,20)11-14/h2-4,6-7,10,14H,5,8-9,11H2,1H3,(H,21,22,23,24). The number of hydrogen-bond donors (Lipinski definition) is 1. The highest BCUT2D eigenvalue weighted by molar-refractivity contribution is 5.92. The molecule has 4 nitrogen and oxygen atoms in total. The van der Waals surface area contributed by atoms with Crippen LogP contribution in [0.1, 0.15) is 31.4 Å². The lowest BCUT2D eigenvalue weighted by Crippen LogP contribution is -2.33. The average Bonchev–Trinajstić information content (AvgIpc) is 2.54. The van der Waals surface area contributed by atoms with Crippen molar-refractivity contribution in [2.45, 2.75) is 38.5 Å². The molecule has 1 saturated carbocycles. The number of benzene rings is 1. The number of alkyl halides is 2. The summed E-state index contributed by atoms with van der Waals surface area (Å²) >= 11 is 0. The first kappa shape index (κ1) is 16.5. The molecule has 24 heavy (non-hydrogen) atoms. The number of carbonyl (C=O) groups excluding carboxylic acids is 1. The van der Waals surface area contributed by atoms with E-state index < -0.39 is 24.2 Å². The molecule has 0 aliphatic heterocycles. The number of anilines is 1. The van der Waals surface area contributed by atoms with Crippen LogP contribution >= 0.6 is 0 Å². The Bertz CT molecular complexity index is 734. The van der Waals surface area contributed by atoms with Crippen LogP contribution in [0.25, 0.3) is 11.4 Å². The van der Waals surface area contributed by atoms with Crippen LogP contribution in [-0.4, -0.2) is 21.8 Å². The van der Waals surface area contributed by atoms with E-state index in [0.29, 0.717) is 30.2 Å². The first-order chi connectivity index (χ1) is 11.4. The number of nitrogens with zero attached hydrogens (tertiary/aromatic N) is 2. The highest BCUT2D eigenvalue weighted by Gasteiger charge is 2.39. The zero-order valence-electron chi connectivity index (χ0n) is 13.4. The number of aromatic nitrogens is 2. The van der Waals surface area contributed by atoms with Crippen molar-refractivity contribution in [1.82, 2.24) is 9.97 Å². The average molecular weight is 331 g/mol. The van der Waals surface area contributed by atoms with Gasteiger partial charge < -0.3 is 5.32 Å². The van der Waals surface area contributed by atoms with E-state index >= 15 is 0 Å². The first-order valence-corrected chi connectivity index (χ1v) is 8.03. The number of amides is 1. The summed E-state index contributed by atoms with van der Waals surface area (Å²) in [5.74, 6) is -2.98. The Balaban J connectivity index is 1.78. The number of halogens is 2. The third-order valence-electron chi connectivity index (χ3n) is 4.15. The van der Waals surface area contributed by atoms with Gasteiger partial charge in [-0.1, -0.05) is 30.3 Å². The monoisotopic (exact) mass is 331 g/mol. The normalized spacial score (nSPS) is 19.7. The lowest BCUT2D eigenvalue weighted by Gasteiger charge is -2.27. The maximum Gasteiger partial charge on any atom is 0.248 e. The Labute approximate surface area is 139 Å². The molecule has 1 aromatic carbocycles. The maximum atomic E-state index is 13.5. The van der Waals surface area contributed by atoms with Gasteiger partial charge in [0.15, 0.2) is 5.82 Å². The van der Waals surface area contributed by atoms with Crippen molar-refractivity contribution in [1.29, 1.82) is 0 Å². The highest BCUT2D eigenvalue weighted by Crippen LogP contribution is 2.37. The summed E-state index contributed by atoms with van der Waals surface area (Å²) in [6.45, 7) is 1.80. The van der Waals surface area contributed by atoms with Gasteiger partial charge in [0.25, 0.3) is 0 Å². The summed E-state index contributed by atoms with van der Waals surface area (Å²) in [4.78, 5) is 21.0. The third-order valence-corrected chi connectivity index (χ3v) is 4.15. The zero-order chi connectivity index (χ0) is 17.2. The van der Waals surface area contributed by atoms with Crippen LogP contribution in [0.15, 0.2) is 36.4 Å². The van der Waals surface area contributed by atoms with Crippen molar-refractivity contribution in [3.05, 3.63) is 42.1 Å². The first-order valence-electron chi connectivity index (χ1n) is 8.03. The second-order valence-electron chi connectivity index (χ2n) is 6.22. The molecule has 1 fully saturated rings. The molecule has 1 unspecified atom stereocenters. The van der Waals surface area contributed by atoms with E-state index in [1.54, 1.807) is 13.0 Å². The zero-order valence-corrected chi connectivity index (χ0v) is 13.4. The summed E-state index contributed by atoms with van der Waals surface area (Å²) in [6.07, 6.45) is 0.316. The van der Waals surface area contributed by atoms with Crippen molar-refractivity contribution in [3.8, 4) is 11.4 Å². The van der Waals surface area contributed by atoms with Crippen LogP contribution in [-0.2, 0) is 4.79 Å². The molecular formula is C18H19F2N3O. The molecule has 0 spiro atoms. The van der Waals surface area contributed by atoms with E-state index in [1.165, 1.54) is 0 Å². The molecule has 1 atom stereocenters. The summed E-state index contributed by atoms with van der Waals surface area (Å²) in [6, 6.07) is 11.0. The number of hydrogen-bond acceptors (Lipinski definition) is 3. The molecule has 1 amide bonds. The molecule has 1 N–H and O–H groups in total. The second-order valence-corrected chi connectivity index (χ2v) is 6.22. The van der Waals surface area contributed by atoms with Crippen LogP contribution in [0.2, 0.25) is 0 Å². The van der Waals surface area contributed by atoms with Crippen molar-refractivity contribution in [2.75, 3.05) is 5.32 Å². The van der Waals surface area contributed by atoms with Gasteiger partial charge in [-0.3, -0.25) is 4.79 Å². The van der Waals surface area contributed by atoms with Gasteiger partial charge in [0.2, 0.25) is 11.8 Å². The van der Waals surface area contributed by atoms with Crippen LogP contribution in [0.3, 0.4) is 0 Å². The molecule has 0 radical (unpaired) electrons. The highest BCUT2D eigenvalue weighted by atomic mass is 19.3. The minimum absolute atomic E-state index is 0.137. The van der Waals surface area contributed by atoms with E-state index in [4.69, 9.17) is 0 Å². The smallest absolute Gasteiger partial charge is 0.248 e. The fraction of sp³-hybridized carbons (Fsp3) is 0.389. The van der Waals surface area contributed by atoms with Gasteiger partial charge in [-0.15, -0.1) is 0 Å². The Morgan fingerprint density at radius 2 is 2.00 bits per heavy atom. The van der Waals surface area contributed by atoms with E-state index in [-0.39, 0.29) is 6.42 Å². The van der Waals surface area contributed by atoms with E-state index in [1.807, 2.05) is 30.3 Å². The SMILES string of the molecule is Cc1cc(NC(=O)C2CCCC(F)(F)C2)nc(-c2ccccc2)n1. The van der Waals surface area contributed by atoms with E-state index in [9.17, 15) is 13.6 Å². The Morgan fingerprint density at radius 3 is 2.71 bits per heavy atom. The van der Waals surface area contributed by atoms with Crippen LogP contribution in [0, 0.1) is 12.8 Å². The molecule has 1 aliphatic rings. The fourth-order valence-corrected chi connectivity index (χ4v) is 2.97. The van der Waals surface area contributed by atoms with Crippen LogP contribution in [0.5, 0.6) is 0 Å². The summed E-state index contributed by atoms with van der Waals surface area (Å²) in [5, 5.41) is 2.68. The molecule has 1 aromatic heterocycles. The Kier molecular flexibility index (Phi) is 4.55. The van der Waals surface area contributed by atoms with Crippen molar-refractivity contribution in [2.24, 2.45) is 5.92 Å². The van der Waals surface area contributed by atoms with Gasteiger partial charge in [-0.2, -0.15) is 0 Å². The molecule has 0 bridgehead atoms. The summed E-state index contributed by atoms with van der Waals surface area (Å²) in [7, 11) is 0. The Hall–Kier alpha value is -2.37. The van der Waals surface area contributed by atoms with Gasteiger partial charge in [-0.05, 0) is 19.8 Å². The predicted octanol–water partition coefficient (Wildman–Crippen LogP) is 4.22. The van der Waals surface area contributed by atoms with Gasteiger partial charge in [-0.25, -0.2) is 18.7 Å². The molecule has 3 rings (SSSR count). The van der Waals surface area contributed by atoms with Crippen molar-refractivity contribution in [3.63, 3.8) is 0 Å². The quantitative estimate of drug-likeness (QED) is 0.916. The lowest BCUT2D eigenvalue weighted by molar-refractivity contribution is -0.127. The molecule has 6 heteroatoms. The minimum atomic E-state index is -2.75. The van der Waals surface area contributed by atoms with E-state index in [0.717, 1.165) is 5.56 Å². The summed E-state index contributed by atoms with van der Waals surface area (Å²) < 4.78 is 27.0. The number of rotatable bonds is 3. The molecule has 126 valence electrons. The van der Waals surface area contributed by atoms with Crippen LogP contribution in [0.4, 0.5) is 14.6 Å². The number of nitrogens with one attached hydrogen (secondary N) is 1. The Morgan fingerprint density at radius 1 is 1.25 bits per heavy atom. The maximum absolute atomic E-state index is 13.5. The minimum Gasteiger partial charge on any atom is -0.310 e. The van der Waals surface area contributed by atoms with Gasteiger partial charge in [0, 0.05) is 36.1 Å². The third kappa shape index (κ3) is 3.93. The van der Waals surface area contributed by atoms with Gasteiger partial charge in [0.1, 0.15) is 5.82 Å². The largest absolute Gasteiger partial charge is 0.310 e. The molecule has 0 saturated heterocycles. The second kappa shape index (κ2) is 6.63. The molecule has 1 aliphatic carbocycles. The number of aryl methyl sites for hydroxylation is 1. The lowest BCUT2D eigenvalue weighted by atomic mass is 9.86. The number of carbonyl (C=O) groups is 1. The van der Waals surface area contributed by atoms with Crippen molar-refractivity contribution >= 4 is 11.7 Å². The molecule has 1 heterocycles. The molecule has 2 aromatic rings. The molecular weight excluding hydrogens is 312 g/mol. The van der Waals surface area contributed by atoms with Gasteiger partial charge in [0.05, 0.1) is 0 Å². The van der Waals surface area contributed by atoms with Crippen LogP contribution < -0.4 is 5.32 Å². The van der Waals surface area contributed by atoms with Gasteiger partial charge >= 0.3 is 0 Å². The summed E-state index contributed by atoms with van der Waals surface area (Å²) in [5.41, 5.74) is 1.54. The van der Waals surface area contributed by atoms with Crippen molar-refractivity contribution < 1.29 is 13.6 Å². The predicted molar refractivity (Wildman–Crippen MR) is 87.7 cm³/mol. The topological polar surface area (TPSA) is 54.9 Å². The fourth-order valence-electron chi connectivity index (χ4n) is 2.97. The van der Waals surface area contributed by atoms with E-state index in [2.05, 4.69) is 15.3 Å².